The van der Waals surface area contributed by atoms with Crippen molar-refractivity contribution in [2.75, 3.05) is 5.32 Å². The second kappa shape index (κ2) is 8.69. The van der Waals surface area contributed by atoms with Crippen molar-refractivity contribution >= 4 is 44.0 Å². The summed E-state index contributed by atoms with van der Waals surface area (Å²) in [6, 6.07) is 15.1. The molecular formula is C23H19BrN4O3. The highest BCUT2D eigenvalue weighted by Gasteiger charge is 2.23. The van der Waals surface area contributed by atoms with Crippen LogP contribution in [-0.4, -0.2) is 25.8 Å². The average Bonchev–Trinajstić information content (AvgIpc) is 2.77. The Labute approximate surface area is 186 Å². The number of hydrogen-bond acceptors (Lipinski definition) is 5. The molecule has 156 valence electrons. The van der Waals surface area contributed by atoms with E-state index in [-0.39, 0.29) is 29.9 Å². The van der Waals surface area contributed by atoms with Gasteiger partial charge in [0.1, 0.15) is 5.69 Å². The summed E-state index contributed by atoms with van der Waals surface area (Å²) in [4.78, 5) is 29.5. The summed E-state index contributed by atoms with van der Waals surface area (Å²) in [6.07, 6.45) is 3.58. The van der Waals surface area contributed by atoms with E-state index >= 15 is 0 Å². The zero-order chi connectivity index (χ0) is 22.0. The van der Waals surface area contributed by atoms with Gasteiger partial charge in [-0.1, -0.05) is 58.4 Å². The number of rotatable bonds is 6. The smallest absolute Gasteiger partial charge is 0.356 e. The van der Waals surface area contributed by atoms with Crippen molar-refractivity contribution in [2.24, 2.45) is 0 Å². The minimum absolute atomic E-state index is 0.159. The Morgan fingerprint density at radius 3 is 2.61 bits per heavy atom. The molecule has 0 atom stereocenters. The molecule has 2 aromatic carbocycles. The van der Waals surface area contributed by atoms with Gasteiger partial charge in [-0.15, -0.1) is 0 Å². The molecule has 0 spiro atoms. The van der Waals surface area contributed by atoms with Gasteiger partial charge < -0.3 is 10.4 Å². The monoisotopic (exact) mass is 478 g/mol. The molecule has 2 N–H and O–H groups in total. The average molecular weight is 479 g/mol. The topological polar surface area (TPSA) is 97.1 Å². The second-order valence-corrected chi connectivity index (χ2v) is 7.78. The third-order valence-electron chi connectivity index (χ3n) is 5.01. The number of carboxylic acid groups (broad SMARTS) is 1. The SMILES string of the molecule is CCn1nc(C(=O)O)c(Cc2ccccc2Br)c(Nc2cncc3ccccc23)c1=O. The lowest BCUT2D eigenvalue weighted by Gasteiger charge is -2.17. The van der Waals surface area contributed by atoms with Crippen LogP contribution in [0.3, 0.4) is 0 Å². The van der Waals surface area contributed by atoms with Gasteiger partial charge in [0, 0.05) is 40.0 Å². The van der Waals surface area contributed by atoms with Gasteiger partial charge in [0.15, 0.2) is 5.69 Å². The van der Waals surface area contributed by atoms with E-state index in [1.807, 2.05) is 48.5 Å². The molecule has 0 amide bonds. The summed E-state index contributed by atoms with van der Waals surface area (Å²) in [6.45, 7) is 1.99. The van der Waals surface area contributed by atoms with E-state index in [1.54, 1.807) is 19.3 Å². The Morgan fingerprint density at radius 2 is 1.87 bits per heavy atom. The van der Waals surface area contributed by atoms with Crippen molar-refractivity contribution in [1.82, 2.24) is 14.8 Å². The van der Waals surface area contributed by atoms with Gasteiger partial charge in [-0.05, 0) is 18.6 Å². The van der Waals surface area contributed by atoms with Crippen LogP contribution in [0.2, 0.25) is 0 Å². The van der Waals surface area contributed by atoms with Gasteiger partial charge in [-0.3, -0.25) is 9.78 Å². The fraction of sp³-hybridized carbons (Fsp3) is 0.130. The van der Waals surface area contributed by atoms with E-state index in [9.17, 15) is 14.7 Å². The predicted molar refractivity (Wildman–Crippen MR) is 123 cm³/mol. The van der Waals surface area contributed by atoms with Crippen molar-refractivity contribution in [2.45, 2.75) is 19.9 Å². The lowest BCUT2D eigenvalue weighted by Crippen LogP contribution is -2.29. The molecule has 0 unspecified atom stereocenters. The van der Waals surface area contributed by atoms with Gasteiger partial charge in [0.25, 0.3) is 5.56 Å². The number of anilines is 2. The van der Waals surface area contributed by atoms with Crippen LogP contribution in [0.1, 0.15) is 28.5 Å². The minimum atomic E-state index is -1.19. The standard InChI is InChI=1S/C23H19BrN4O3/c1-2-28-22(29)20(26-19-13-25-12-15-8-3-5-9-16(15)19)17(21(27-28)23(30)31)11-14-7-4-6-10-18(14)24/h3-10,12-13,26H,2,11H2,1H3,(H,30,31). The number of halogens is 1. The Kier molecular flexibility index (Phi) is 5.81. The van der Waals surface area contributed by atoms with Crippen LogP contribution in [0.5, 0.6) is 0 Å². The number of carbonyl (C=O) groups is 1. The summed E-state index contributed by atoms with van der Waals surface area (Å²) >= 11 is 3.50. The van der Waals surface area contributed by atoms with Crippen LogP contribution >= 0.6 is 15.9 Å². The molecule has 4 rings (SSSR count). The molecule has 0 aliphatic rings. The molecule has 0 bridgehead atoms. The van der Waals surface area contributed by atoms with Crippen molar-refractivity contribution < 1.29 is 9.90 Å². The van der Waals surface area contributed by atoms with E-state index < -0.39 is 5.97 Å². The van der Waals surface area contributed by atoms with Crippen LogP contribution in [0.15, 0.2) is 70.2 Å². The lowest BCUT2D eigenvalue weighted by atomic mass is 10.0. The molecule has 31 heavy (non-hydrogen) atoms. The van der Waals surface area contributed by atoms with E-state index in [0.29, 0.717) is 11.3 Å². The predicted octanol–water partition coefficient (Wildman–Crippen LogP) is 4.61. The first-order chi connectivity index (χ1) is 15.0. The maximum Gasteiger partial charge on any atom is 0.356 e. The molecule has 7 nitrogen and oxygen atoms in total. The molecule has 0 saturated carbocycles. The van der Waals surface area contributed by atoms with Crippen molar-refractivity contribution in [3.8, 4) is 0 Å². The number of benzene rings is 2. The lowest BCUT2D eigenvalue weighted by molar-refractivity contribution is 0.0686. The molecule has 4 aromatic rings. The van der Waals surface area contributed by atoms with Crippen molar-refractivity contribution in [3.63, 3.8) is 0 Å². The van der Waals surface area contributed by atoms with Gasteiger partial charge in [-0.2, -0.15) is 5.10 Å². The molecule has 0 radical (unpaired) electrons. The zero-order valence-electron chi connectivity index (χ0n) is 16.7. The number of nitrogens with one attached hydrogen (secondary N) is 1. The highest BCUT2D eigenvalue weighted by molar-refractivity contribution is 9.10. The Morgan fingerprint density at radius 1 is 1.13 bits per heavy atom. The van der Waals surface area contributed by atoms with Crippen LogP contribution in [0, 0.1) is 0 Å². The molecule has 0 fully saturated rings. The molecule has 2 heterocycles. The molecule has 8 heteroatoms. The highest BCUT2D eigenvalue weighted by atomic mass is 79.9. The fourth-order valence-electron chi connectivity index (χ4n) is 3.47. The number of carboxylic acids is 1. The molecule has 0 saturated heterocycles. The third-order valence-corrected chi connectivity index (χ3v) is 5.79. The number of nitrogens with zero attached hydrogens (tertiary/aromatic N) is 3. The van der Waals surface area contributed by atoms with Gasteiger partial charge in [0.05, 0.1) is 11.9 Å². The fourth-order valence-corrected chi connectivity index (χ4v) is 3.90. The highest BCUT2D eigenvalue weighted by Crippen LogP contribution is 2.29. The largest absolute Gasteiger partial charge is 0.476 e. The van der Waals surface area contributed by atoms with Crippen LogP contribution < -0.4 is 10.9 Å². The first kappa shape index (κ1) is 20.7. The second-order valence-electron chi connectivity index (χ2n) is 6.93. The number of hydrogen-bond donors (Lipinski definition) is 2. The molecule has 0 aliphatic carbocycles. The molecular weight excluding hydrogens is 460 g/mol. The Hall–Kier alpha value is -3.52. The van der Waals surface area contributed by atoms with Crippen LogP contribution in [-0.2, 0) is 13.0 Å². The van der Waals surface area contributed by atoms with E-state index in [1.165, 1.54) is 0 Å². The molecule has 0 aliphatic heterocycles. The third kappa shape index (κ3) is 4.06. The minimum Gasteiger partial charge on any atom is -0.476 e. The maximum atomic E-state index is 13.2. The summed E-state index contributed by atoms with van der Waals surface area (Å²) < 4.78 is 1.98. The first-order valence-electron chi connectivity index (χ1n) is 9.70. The number of aryl methyl sites for hydroxylation is 1. The summed E-state index contributed by atoms with van der Waals surface area (Å²) in [5.74, 6) is -1.19. The Bertz CT molecular complexity index is 1350. The van der Waals surface area contributed by atoms with Crippen molar-refractivity contribution in [1.29, 1.82) is 0 Å². The Balaban J connectivity index is 1.94. The quantitative estimate of drug-likeness (QED) is 0.420. The summed E-state index contributed by atoms with van der Waals surface area (Å²) in [5.41, 5.74) is 1.42. The number of aromatic nitrogens is 3. The van der Waals surface area contributed by atoms with Gasteiger partial charge >= 0.3 is 5.97 Å². The summed E-state index contributed by atoms with van der Waals surface area (Å²) in [5, 5.41) is 18.9. The number of fused-ring (bicyclic) bond motifs is 1. The maximum absolute atomic E-state index is 13.2. The number of aromatic carboxylic acids is 1. The first-order valence-corrected chi connectivity index (χ1v) is 10.5. The van der Waals surface area contributed by atoms with E-state index in [0.717, 1.165) is 25.5 Å². The normalized spacial score (nSPS) is 10.9. The van der Waals surface area contributed by atoms with Crippen LogP contribution in [0.25, 0.3) is 10.8 Å². The number of pyridine rings is 1. The molecule has 2 aromatic heterocycles. The van der Waals surface area contributed by atoms with Crippen molar-refractivity contribution in [3.05, 3.63) is 92.6 Å². The van der Waals surface area contributed by atoms with Crippen LogP contribution in [0.4, 0.5) is 11.4 Å². The van der Waals surface area contributed by atoms with Gasteiger partial charge in [0.2, 0.25) is 0 Å². The van der Waals surface area contributed by atoms with Gasteiger partial charge in [-0.25, -0.2) is 9.48 Å². The van der Waals surface area contributed by atoms with E-state index in [4.69, 9.17) is 0 Å². The van der Waals surface area contributed by atoms with E-state index in [2.05, 4.69) is 31.3 Å². The zero-order valence-corrected chi connectivity index (χ0v) is 18.3. The summed E-state index contributed by atoms with van der Waals surface area (Å²) in [7, 11) is 0.